The second-order valence-corrected chi connectivity index (χ2v) is 5.40. The first kappa shape index (κ1) is 11.9. The van der Waals surface area contributed by atoms with Crippen molar-refractivity contribution in [3.8, 4) is 0 Å². The van der Waals surface area contributed by atoms with Gasteiger partial charge in [-0.3, -0.25) is 9.48 Å². The van der Waals surface area contributed by atoms with Gasteiger partial charge in [0.25, 0.3) is 0 Å². The number of aromatic nitrogens is 2. The highest BCUT2D eigenvalue weighted by molar-refractivity contribution is 14.1. The van der Waals surface area contributed by atoms with Crippen LogP contribution in [0.4, 0.5) is 0 Å². The van der Waals surface area contributed by atoms with E-state index in [4.69, 9.17) is 0 Å². The molecular formula is C11H16IN3O. The van der Waals surface area contributed by atoms with E-state index in [-0.39, 0.29) is 5.91 Å². The van der Waals surface area contributed by atoms with Crippen molar-refractivity contribution in [3.05, 3.63) is 16.0 Å². The zero-order valence-electron chi connectivity index (χ0n) is 9.23. The number of hydrogen-bond donors (Lipinski definition) is 0. The zero-order valence-corrected chi connectivity index (χ0v) is 11.4. The summed E-state index contributed by atoms with van der Waals surface area (Å²) in [6.45, 7) is 2.21. The molecular weight excluding hydrogens is 317 g/mol. The Morgan fingerprint density at radius 3 is 2.56 bits per heavy atom. The predicted octanol–water partition coefficient (Wildman–Crippen LogP) is 1.89. The SMILES string of the molecule is O=C(Cn1cc(I)cn1)N1CCCCCC1. The lowest BCUT2D eigenvalue weighted by Gasteiger charge is -2.20. The maximum Gasteiger partial charge on any atom is 0.244 e. The van der Waals surface area contributed by atoms with E-state index in [0.29, 0.717) is 6.54 Å². The van der Waals surface area contributed by atoms with Gasteiger partial charge in [-0.05, 0) is 35.4 Å². The number of likely N-dealkylation sites (tertiary alicyclic amines) is 1. The summed E-state index contributed by atoms with van der Waals surface area (Å²) in [5.74, 6) is 0.196. The highest BCUT2D eigenvalue weighted by Gasteiger charge is 2.15. The van der Waals surface area contributed by atoms with Crippen LogP contribution in [0, 0.1) is 3.57 Å². The molecule has 0 atom stereocenters. The van der Waals surface area contributed by atoms with Crippen molar-refractivity contribution in [2.24, 2.45) is 0 Å². The number of rotatable bonds is 2. The molecule has 0 bridgehead atoms. The van der Waals surface area contributed by atoms with E-state index in [0.717, 1.165) is 29.5 Å². The maximum absolute atomic E-state index is 12.0. The Hall–Kier alpha value is -0.590. The van der Waals surface area contributed by atoms with Crippen LogP contribution in [0.3, 0.4) is 0 Å². The van der Waals surface area contributed by atoms with E-state index < -0.39 is 0 Å². The summed E-state index contributed by atoms with van der Waals surface area (Å²) in [6.07, 6.45) is 8.46. The molecule has 16 heavy (non-hydrogen) atoms. The lowest BCUT2D eigenvalue weighted by Crippen LogP contribution is -2.34. The molecule has 5 heteroatoms. The van der Waals surface area contributed by atoms with Crippen LogP contribution in [0.25, 0.3) is 0 Å². The quantitative estimate of drug-likeness (QED) is 0.776. The highest BCUT2D eigenvalue weighted by atomic mass is 127. The van der Waals surface area contributed by atoms with Gasteiger partial charge in [-0.2, -0.15) is 5.10 Å². The smallest absolute Gasteiger partial charge is 0.244 e. The van der Waals surface area contributed by atoms with Crippen LogP contribution < -0.4 is 0 Å². The Labute approximate surface area is 109 Å². The van der Waals surface area contributed by atoms with Crippen LogP contribution in [0.1, 0.15) is 25.7 Å². The van der Waals surface area contributed by atoms with Crippen molar-refractivity contribution in [2.45, 2.75) is 32.2 Å². The molecule has 2 rings (SSSR count). The fourth-order valence-electron chi connectivity index (χ4n) is 1.98. The first-order chi connectivity index (χ1) is 7.75. The van der Waals surface area contributed by atoms with E-state index in [1.165, 1.54) is 12.8 Å². The van der Waals surface area contributed by atoms with Gasteiger partial charge in [0.15, 0.2) is 0 Å². The molecule has 1 fully saturated rings. The molecule has 2 heterocycles. The van der Waals surface area contributed by atoms with Gasteiger partial charge in [-0.25, -0.2) is 0 Å². The number of nitrogens with zero attached hydrogens (tertiary/aromatic N) is 3. The van der Waals surface area contributed by atoms with Gasteiger partial charge in [-0.15, -0.1) is 0 Å². The minimum Gasteiger partial charge on any atom is -0.341 e. The first-order valence-electron chi connectivity index (χ1n) is 5.71. The first-order valence-corrected chi connectivity index (χ1v) is 6.79. The predicted molar refractivity (Wildman–Crippen MR) is 70.0 cm³/mol. The third kappa shape index (κ3) is 3.20. The second-order valence-electron chi connectivity index (χ2n) is 4.15. The summed E-state index contributed by atoms with van der Waals surface area (Å²) in [7, 11) is 0. The standard InChI is InChI=1S/C11H16IN3O/c12-10-7-13-15(8-10)9-11(16)14-5-3-1-2-4-6-14/h7-8H,1-6,9H2. The maximum atomic E-state index is 12.0. The summed E-state index contributed by atoms with van der Waals surface area (Å²) in [5.41, 5.74) is 0. The van der Waals surface area contributed by atoms with Crippen LogP contribution in [0.2, 0.25) is 0 Å². The van der Waals surface area contributed by atoms with E-state index >= 15 is 0 Å². The molecule has 0 aliphatic carbocycles. The molecule has 1 aromatic heterocycles. The Morgan fingerprint density at radius 1 is 1.31 bits per heavy atom. The van der Waals surface area contributed by atoms with Gasteiger partial charge in [0, 0.05) is 19.3 Å². The molecule has 88 valence electrons. The van der Waals surface area contributed by atoms with Crippen molar-refractivity contribution in [1.29, 1.82) is 0 Å². The molecule has 0 saturated carbocycles. The second kappa shape index (κ2) is 5.65. The number of carbonyl (C=O) groups is 1. The highest BCUT2D eigenvalue weighted by Crippen LogP contribution is 2.10. The molecule has 1 saturated heterocycles. The minimum absolute atomic E-state index is 0.196. The molecule has 0 radical (unpaired) electrons. The summed E-state index contributed by atoms with van der Waals surface area (Å²) >= 11 is 2.20. The fraction of sp³-hybridized carbons (Fsp3) is 0.636. The van der Waals surface area contributed by atoms with Gasteiger partial charge in [0.2, 0.25) is 5.91 Å². The Kier molecular flexibility index (Phi) is 4.20. The van der Waals surface area contributed by atoms with Crippen molar-refractivity contribution in [3.63, 3.8) is 0 Å². The van der Waals surface area contributed by atoms with Crippen LogP contribution in [-0.4, -0.2) is 33.7 Å². The normalized spacial score (nSPS) is 17.2. The number of amides is 1. The summed E-state index contributed by atoms with van der Waals surface area (Å²) in [5, 5.41) is 4.14. The molecule has 1 amide bonds. The van der Waals surface area contributed by atoms with E-state index in [2.05, 4.69) is 27.7 Å². The summed E-state index contributed by atoms with van der Waals surface area (Å²) in [6, 6.07) is 0. The topological polar surface area (TPSA) is 38.1 Å². The molecule has 0 spiro atoms. The molecule has 0 N–H and O–H groups in total. The fourth-order valence-corrected chi connectivity index (χ4v) is 2.43. The van der Waals surface area contributed by atoms with Crippen molar-refractivity contribution >= 4 is 28.5 Å². The molecule has 4 nitrogen and oxygen atoms in total. The van der Waals surface area contributed by atoms with Crippen molar-refractivity contribution < 1.29 is 4.79 Å². The summed E-state index contributed by atoms with van der Waals surface area (Å²) in [4.78, 5) is 14.0. The van der Waals surface area contributed by atoms with Crippen LogP contribution in [0.5, 0.6) is 0 Å². The van der Waals surface area contributed by atoms with Crippen molar-refractivity contribution in [1.82, 2.24) is 14.7 Å². The van der Waals surface area contributed by atoms with Gasteiger partial charge >= 0.3 is 0 Å². The molecule has 1 aliphatic rings. The van der Waals surface area contributed by atoms with Gasteiger partial charge in [0.05, 0.1) is 9.77 Å². The molecule has 0 aromatic carbocycles. The average Bonchev–Trinajstić information content (AvgIpc) is 2.56. The molecule has 1 aliphatic heterocycles. The monoisotopic (exact) mass is 333 g/mol. The lowest BCUT2D eigenvalue weighted by molar-refractivity contribution is -0.132. The third-order valence-corrected chi connectivity index (χ3v) is 3.41. The Bertz CT molecular complexity index is 356. The minimum atomic E-state index is 0.196. The number of carbonyl (C=O) groups excluding carboxylic acids is 1. The van der Waals surface area contributed by atoms with Gasteiger partial charge in [-0.1, -0.05) is 12.8 Å². The Balaban J connectivity index is 1.91. The zero-order chi connectivity index (χ0) is 11.4. The molecule has 1 aromatic rings. The van der Waals surface area contributed by atoms with Crippen LogP contribution in [0.15, 0.2) is 12.4 Å². The number of hydrogen-bond acceptors (Lipinski definition) is 2. The summed E-state index contributed by atoms with van der Waals surface area (Å²) < 4.78 is 2.79. The van der Waals surface area contributed by atoms with Crippen LogP contribution in [-0.2, 0) is 11.3 Å². The van der Waals surface area contributed by atoms with E-state index in [1.807, 2.05) is 11.1 Å². The van der Waals surface area contributed by atoms with E-state index in [1.54, 1.807) is 10.9 Å². The average molecular weight is 333 g/mol. The van der Waals surface area contributed by atoms with Crippen LogP contribution >= 0.6 is 22.6 Å². The van der Waals surface area contributed by atoms with Gasteiger partial charge < -0.3 is 4.90 Å². The third-order valence-electron chi connectivity index (χ3n) is 2.86. The van der Waals surface area contributed by atoms with E-state index in [9.17, 15) is 4.79 Å². The van der Waals surface area contributed by atoms with Crippen molar-refractivity contribution in [2.75, 3.05) is 13.1 Å². The lowest BCUT2D eigenvalue weighted by atomic mass is 10.2. The number of halogens is 1. The largest absolute Gasteiger partial charge is 0.341 e. The molecule has 0 unspecified atom stereocenters. The Morgan fingerprint density at radius 2 is 2.00 bits per heavy atom. The van der Waals surface area contributed by atoms with Gasteiger partial charge in [0.1, 0.15) is 6.54 Å².